The van der Waals surface area contributed by atoms with Gasteiger partial charge in [-0.05, 0) is 36.2 Å². The summed E-state index contributed by atoms with van der Waals surface area (Å²) in [4.78, 5) is 0. The molecule has 0 saturated carbocycles. The van der Waals surface area contributed by atoms with E-state index in [4.69, 9.17) is 5.73 Å². The molecule has 2 aromatic rings. The zero-order chi connectivity index (χ0) is 13.3. The number of hydrogen-bond donors (Lipinski definition) is 1. The van der Waals surface area contributed by atoms with Gasteiger partial charge in [0, 0.05) is 4.47 Å². The normalized spacial score (nSPS) is 12.5. The maximum absolute atomic E-state index is 13.2. The van der Waals surface area contributed by atoms with Gasteiger partial charge < -0.3 is 5.73 Å². The topological polar surface area (TPSA) is 26.0 Å². The number of aryl methyl sites for hydroxylation is 1. The molecule has 0 bridgehead atoms. The first-order valence-corrected chi connectivity index (χ1v) is 6.25. The molecule has 2 aromatic carbocycles. The minimum Gasteiger partial charge on any atom is -0.320 e. The second kappa shape index (κ2) is 5.16. The summed E-state index contributed by atoms with van der Waals surface area (Å²) in [5, 5.41) is 0. The highest BCUT2D eigenvalue weighted by Crippen LogP contribution is 2.28. The Morgan fingerprint density at radius 2 is 1.78 bits per heavy atom. The molecular weight excluding hydrogens is 300 g/mol. The third kappa shape index (κ3) is 2.60. The van der Waals surface area contributed by atoms with E-state index in [9.17, 15) is 8.78 Å². The molecular formula is C14H12BrF2N. The Hall–Kier alpha value is -1.26. The van der Waals surface area contributed by atoms with Crippen LogP contribution in [-0.2, 0) is 0 Å². The lowest BCUT2D eigenvalue weighted by atomic mass is 9.98. The standard InChI is InChI=1S/C14H12BrF2N/c1-8-2-4-11(15)10(6-8)14(18)9-3-5-12(16)13(17)7-9/h2-7,14H,18H2,1H3. The van der Waals surface area contributed by atoms with Crippen molar-refractivity contribution in [1.29, 1.82) is 0 Å². The first-order chi connectivity index (χ1) is 8.49. The number of nitrogens with two attached hydrogens (primary N) is 1. The highest BCUT2D eigenvalue weighted by molar-refractivity contribution is 9.10. The van der Waals surface area contributed by atoms with Gasteiger partial charge in [-0.2, -0.15) is 0 Å². The Balaban J connectivity index is 2.44. The molecule has 94 valence electrons. The van der Waals surface area contributed by atoms with E-state index in [0.717, 1.165) is 27.7 Å². The molecule has 1 atom stereocenters. The van der Waals surface area contributed by atoms with Gasteiger partial charge >= 0.3 is 0 Å². The van der Waals surface area contributed by atoms with Crippen LogP contribution in [0, 0.1) is 18.6 Å². The number of rotatable bonds is 2. The van der Waals surface area contributed by atoms with Gasteiger partial charge in [-0.15, -0.1) is 0 Å². The SMILES string of the molecule is Cc1ccc(Br)c(C(N)c2ccc(F)c(F)c2)c1. The van der Waals surface area contributed by atoms with Gasteiger partial charge in [0.1, 0.15) is 0 Å². The van der Waals surface area contributed by atoms with Crippen molar-refractivity contribution in [3.05, 3.63) is 69.2 Å². The summed E-state index contributed by atoms with van der Waals surface area (Å²) < 4.78 is 26.9. The van der Waals surface area contributed by atoms with Crippen molar-refractivity contribution in [3.63, 3.8) is 0 Å². The van der Waals surface area contributed by atoms with Crippen LogP contribution in [0.15, 0.2) is 40.9 Å². The molecule has 0 amide bonds. The van der Waals surface area contributed by atoms with E-state index in [0.29, 0.717) is 5.56 Å². The zero-order valence-electron chi connectivity index (χ0n) is 9.75. The summed E-state index contributed by atoms with van der Waals surface area (Å²) in [5.74, 6) is -1.75. The molecule has 2 rings (SSSR count). The average Bonchev–Trinajstić information content (AvgIpc) is 2.35. The fourth-order valence-corrected chi connectivity index (χ4v) is 2.28. The second-order valence-corrected chi connectivity index (χ2v) is 5.03. The van der Waals surface area contributed by atoms with Crippen LogP contribution in [0.2, 0.25) is 0 Å². The molecule has 0 saturated heterocycles. The van der Waals surface area contributed by atoms with Crippen LogP contribution in [0.1, 0.15) is 22.7 Å². The first kappa shape index (κ1) is 13.2. The predicted octanol–water partition coefficient (Wildman–Crippen LogP) is 4.08. The minimum absolute atomic E-state index is 0.491. The molecule has 1 unspecified atom stereocenters. The fraction of sp³-hybridized carbons (Fsp3) is 0.143. The molecule has 0 fully saturated rings. The van der Waals surface area contributed by atoms with Crippen molar-refractivity contribution in [2.45, 2.75) is 13.0 Å². The van der Waals surface area contributed by atoms with Gasteiger partial charge in [0.25, 0.3) is 0 Å². The van der Waals surface area contributed by atoms with Crippen LogP contribution in [0.5, 0.6) is 0 Å². The molecule has 18 heavy (non-hydrogen) atoms. The van der Waals surface area contributed by atoms with Crippen LogP contribution in [0.4, 0.5) is 8.78 Å². The van der Waals surface area contributed by atoms with Crippen molar-refractivity contribution in [2.75, 3.05) is 0 Å². The molecule has 4 heteroatoms. The Labute approximate surface area is 113 Å². The summed E-state index contributed by atoms with van der Waals surface area (Å²) in [6.45, 7) is 1.95. The summed E-state index contributed by atoms with van der Waals surface area (Å²) in [7, 11) is 0. The first-order valence-electron chi connectivity index (χ1n) is 5.45. The Morgan fingerprint density at radius 1 is 1.06 bits per heavy atom. The molecule has 0 aromatic heterocycles. The van der Waals surface area contributed by atoms with E-state index in [2.05, 4.69) is 15.9 Å². The van der Waals surface area contributed by atoms with Gasteiger partial charge in [0.2, 0.25) is 0 Å². The Kier molecular flexibility index (Phi) is 3.78. The smallest absolute Gasteiger partial charge is 0.159 e. The number of halogens is 3. The molecule has 1 nitrogen and oxygen atoms in total. The molecule has 0 heterocycles. The van der Waals surface area contributed by atoms with Crippen molar-refractivity contribution in [2.24, 2.45) is 5.73 Å². The van der Waals surface area contributed by atoms with E-state index in [1.807, 2.05) is 25.1 Å². The highest BCUT2D eigenvalue weighted by Gasteiger charge is 2.14. The number of hydrogen-bond acceptors (Lipinski definition) is 1. The molecule has 0 spiro atoms. The summed E-state index contributed by atoms with van der Waals surface area (Å²) in [6, 6.07) is 9.00. The molecule has 2 N–H and O–H groups in total. The zero-order valence-corrected chi connectivity index (χ0v) is 11.3. The molecule has 0 aliphatic carbocycles. The Bertz CT molecular complexity index is 584. The second-order valence-electron chi connectivity index (χ2n) is 4.18. The van der Waals surface area contributed by atoms with Crippen molar-refractivity contribution < 1.29 is 8.78 Å². The predicted molar refractivity (Wildman–Crippen MR) is 71.3 cm³/mol. The fourth-order valence-electron chi connectivity index (χ4n) is 1.79. The van der Waals surface area contributed by atoms with Crippen LogP contribution in [-0.4, -0.2) is 0 Å². The largest absolute Gasteiger partial charge is 0.320 e. The van der Waals surface area contributed by atoms with Crippen LogP contribution >= 0.6 is 15.9 Å². The number of benzene rings is 2. The maximum Gasteiger partial charge on any atom is 0.159 e. The van der Waals surface area contributed by atoms with Gasteiger partial charge in [-0.3, -0.25) is 0 Å². The lowest BCUT2D eigenvalue weighted by Gasteiger charge is -2.15. The van der Waals surface area contributed by atoms with Crippen LogP contribution in [0.3, 0.4) is 0 Å². The van der Waals surface area contributed by atoms with Crippen molar-refractivity contribution in [3.8, 4) is 0 Å². The van der Waals surface area contributed by atoms with E-state index < -0.39 is 17.7 Å². The van der Waals surface area contributed by atoms with Gasteiger partial charge in [0.15, 0.2) is 11.6 Å². The molecule has 0 aliphatic heterocycles. The van der Waals surface area contributed by atoms with Crippen molar-refractivity contribution in [1.82, 2.24) is 0 Å². The van der Waals surface area contributed by atoms with Gasteiger partial charge in [0.05, 0.1) is 6.04 Å². The van der Waals surface area contributed by atoms with Crippen LogP contribution in [0.25, 0.3) is 0 Å². The quantitative estimate of drug-likeness (QED) is 0.888. The van der Waals surface area contributed by atoms with Gasteiger partial charge in [-0.25, -0.2) is 8.78 Å². The average molecular weight is 312 g/mol. The third-order valence-electron chi connectivity index (χ3n) is 2.79. The summed E-state index contributed by atoms with van der Waals surface area (Å²) in [5.41, 5.74) is 8.54. The minimum atomic E-state index is -0.883. The monoisotopic (exact) mass is 311 g/mol. The van der Waals surface area contributed by atoms with Crippen LogP contribution < -0.4 is 5.73 Å². The third-order valence-corrected chi connectivity index (χ3v) is 3.51. The summed E-state index contributed by atoms with van der Waals surface area (Å²) >= 11 is 3.41. The molecule has 0 radical (unpaired) electrons. The van der Waals surface area contributed by atoms with Crippen molar-refractivity contribution >= 4 is 15.9 Å². The Morgan fingerprint density at radius 3 is 2.44 bits per heavy atom. The van der Waals surface area contributed by atoms with E-state index >= 15 is 0 Å². The lowest BCUT2D eigenvalue weighted by Crippen LogP contribution is -2.13. The maximum atomic E-state index is 13.2. The van der Waals surface area contributed by atoms with E-state index in [1.165, 1.54) is 6.07 Å². The lowest BCUT2D eigenvalue weighted by molar-refractivity contribution is 0.506. The molecule has 0 aliphatic rings. The van der Waals surface area contributed by atoms with E-state index in [-0.39, 0.29) is 0 Å². The van der Waals surface area contributed by atoms with Gasteiger partial charge in [-0.1, -0.05) is 39.7 Å². The highest BCUT2D eigenvalue weighted by atomic mass is 79.9. The van der Waals surface area contributed by atoms with E-state index in [1.54, 1.807) is 0 Å². The summed E-state index contributed by atoms with van der Waals surface area (Å²) in [6.07, 6.45) is 0.